The first-order valence-electron chi connectivity index (χ1n) is 9.68. The SMILES string of the molecule is COc1ccc(OC)c(N2C(C)=CN3C2=NC2C3C(=O)N(CCCO)C(=O)N2C)c1. The molecule has 1 aromatic rings. The molecule has 2 atom stereocenters. The summed E-state index contributed by atoms with van der Waals surface area (Å²) in [7, 11) is 4.81. The van der Waals surface area contributed by atoms with Gasteiger partial charge in [-0.3, -0.25) is 14.6 Å². The van der Waals surface area contributed by atoms with E-state index in [1.54, 1.807) is 32.2 Å². The lowest BCUT2D eigenvalue weighted by molar-refractivity contribution is -0.136. The summed E-state index contributed by atoms with van der Waals surface area (Å²) in [5, 5.41) is 9.13. The molecule has 1 fully saturated rings. The van der Waals surface area contributed by atoms with Crippen LogP contribution >= 0.6 is 0 Å². The number of imide groups is 1. The number of fused-ring (bicyclic) bond motifs is 3. The molecule has 0 aliphatic carbocycles. The van der Waals surface area contributed by atoms with Gasteiger partial charge in [0.1, 0.15) is 11.5 Å². The van der Waals surface area contributed by atoms with E-state index in [4.69, 9.17) is 19.6 Å². The first kappa shape index (κ1) is 20.0. The predicted octanol–water partition coefficient (Wildman–Crippen LogP) is 1.03. The van der Waals surface area contributed by atoms with Crippen LogP contribution in [0.25, 0.3) is 0 Å². The van der Waals surface area contributed by atoms with E-state index in [9.17, 15) is 9.59 Å². The van der Waals surface area contributed by atoms with E-state index in [0.29, 0.717) is 23.9 Å². The summed E-state index contributed by atoms with van der Waals surface area (Å²) in [5.41, 5.74) is 1.58. The number of anilines is 1. The summed E-state index contributed by atoms with van der Waals surface area (Å²) in [6, 6.07) is 4.39. The lowest BCUT2D eigenvalue weighted by Gasteiger charge is -2.40. The number of allylic oxidation sites excluding steroid dienone is 1. The highest BCUT2D eigenvalue weighted by Gasteiger charge is 2.54. The van der Waals surface area contributed by atoms with E-state index < -0.39 is 18.2 Å². The predicted molar refractivity (Wildman–Crippen MR) is 109 cm³/mol. The van der Waals surface area contributed by atoms with Gasteiger partial charge in [-0.05, 0) is 25.5 Å². The van der Waals surface area contributed by atoms with Crippen LogP contribution < -0.4 is 14.4 Å². The molecule has 4 rings (SSSR count). The molecule has 30 heavy (non-hydrogen) atoms. The van der Waals surface area contributed by atoms with Crippen molar-refractivity contribution in [1.29, 1.82) is 0 Å². The van der Waals surface area contributed by atoms with Gasteiger partial charge in [-0.2, -0.15) is 0 Å². The molecule has 10 heteroatoms. The molecule has 2 unspecified atom stereocenters. The Kier molecular flexibility index (Phi) is 5.02. The van der Waals surface area contributed by atoms with Crippen LogP contribution in [0.4, 0.5) is 10.5 Å². The third-order valence-electron chi connectivity index (χ3n) is 5.55. The average Bonchev–Trinajstić information content (AvgIpc) is 3.26. The third-order valence-corrected chi connectivity index (χ3v) is 5.55. The Balaban J connectivity index is 1.73. The molecule has 3 aliphatic rings. The van der Waals surface area contributed by atoms with Gasteiger partial charge in [-0.15, -0.1) is 0 Å². The summed E-state index contributed by atoms with van der Waals surface area (Å²) >= 11 is 0. The van der Waals surface area contributed by atoms with Gasteiger partial charge in [-0.25, -0.2) is 9.79 Å². The first-order valence-corrected chi connectivity index (χ1v) is 9.68. The van der Waals surface area contributed by atoms with Crippen LogP contribution in [0.5, 0.6) is 11.5 Å². The summed E-state index contributed by atoms with van der Waals surface area (Å²) in [4.78, 5) is 37.0. The number of hydrogen-bond acceptors (Lipinski definition) is 8. The van der Waals surface area contributed by atoms with Crippen molar-refractivity contribution in [2.75, 3.05) is 39.3 Å². The number of carbonyl (C=O) groups excluding carboxylic acids is 2. The number of aliphatic hydroxyl groups is 1. The Bertz CT molecular complexity index is 946. The van der Waals surface area contributed by atoms with Gasteiger partial charge < -0.3 is 24.4 Å². The minimum Gasteiger partial charge on any atom is -0.497 e. The quantitative estimate of drug-likeness (QED) is 0.741. The summed E-state index contributed by atoms with van der Waals surface area (Å²) in [6.45, 7) is 1.99. The van der Waals surface area contributed by atoms with Gasteiger partial charge in [0.25, 0.3) is 5.91 Å². The van der Waals surface area contributed by atoms with Crippen molar-refractivity contribution in [2.45, 2.75) is 25.6 Å². The Morgan fingerprint density at radius 1 is 1.20 bits per heavy atom. The molecular formula is C20H25N5O5. The second-order valence-corrected chi connectivity index (χ2v) is 7.30. The fourth-order valence-corrected chi connectivity index (χ4v) is 4.06. The van der Waals surface area contributed by atoms with Gasteiger partial charge in [0.05, 0.1) is 19.9 Å². The summed E-state index contributed by atoms with van der Waals surface area (Å²) in [5.74, 6) is 1.51. The lowest BCUT2D eigenvalue weighted by Crippen LogP contribution is -2.64. The molecule has 0 bridgehead atoms. The number of likely N-dealkylation sites (N-methyl/N-ethyl adjacent to an activating group) is 1. The molecule has 1 aromatic carbocycles. The second-order valence-electron chi connectivity index (χ2n) is 7.30. The van der Waals surface area contributed by atoms with Crippen LogP contribution in [0.1, 0.15) is 13.3 Å². The first-order chi connectivity index (χ1) is 14.4. The maximum Gasteiger partial charge on any atom is 0.328 e. The standard InChI is InChI=1S/C20H25N5O5/c1-12-11-24-16-17(22(2)20(28)23(18(16)27)8-5-9-26)21-19(24)25(12)14-10-13(29-3)6-7-15(14)30-4/h6-7,10-11,16-17,26H,5,8-9H2,1-4H3. The van der Waals surface area contributed by atoms with Crippen molar-refractivity contribution in [2.24, 2.45) is 4.99 Å². The molecule has 10 nitrogen and oxygen atoms in total. The highest BCUT2D eigenvalue weighted by atomic mass is 16.5. The van der Waals surface area contributed by atoms with Gasteiger partial charge >= 0.3 is 6.03 Å². The number of ether oxygens (including phenoxy) is 2. The molecule has 3 heterocycles. The number of urea groups is 1. The molecule has 0 spiro atoms. The average molecular weight is 415 g/mol. The molecule has 3 amide bonds. The molecule has 0 radical (unpaired) electrons. The van der Waals surface area contributed by atoms with Crippen molar-refractivity contribution in [1.82, 2.24) is 14.7 Å². The number of rotatable bonds is 6. The Morgan fingerprint density at radius 3 is 2.63 bits per heavy atom. The smallest absolute Gasteiger partial charge is 0.328 e. The molecule has 3 aliphatic heterocycles. The van der Waals surface area contributed by atoms with E-state index in [1.165, 1.54) is 9.80 Å². The second kappa shape index (κ2) is 7.52. The zero-order chi connectivity index (χ0) is 21.6. The van der Waals surface area contributed by atoms with E-state index >= 15 is 0 Å². The maximum absolute atomic E-state index is 13.2. The summed E-state index contributed by atoms with van der Waals surface area (Å²) in [6.07, 6.45) is 1.56. The van der Waals surface area contributed by atoms with Crippen LogP contribution in [0.3, 0.4) is 0 Å². The highest BCUT2D eigenvalue weighted by Crippen LogP contribution is 2.41. The van der Waals surface area contributed by atoms with Gasteiger partial charge in [0, 0.05) is 38.2 Å². The number of nitrogens with zero attached hydrogens (tertiary/aromatic N) is 5. The van der Waals surface area contributed by atoms with Crippen molar-refractivity contribution >= 4 is 23.6 Å². The Morgan fingerprint density at radius 2 is 1.97 bits per heavy atom. The number of aliphatic hydroxyl groups excluding tert-OH is 1. The lowest BCUT2D eigenvalue weighted by atomic mass is 10.1. The van der Waals surface area contributed by atoms with Crippen molar-refractivity contribution in [3.8, 4) is 11.5 Å². The largest absolute Gasteiger partial charge is 0.497 e. The monoisotopic (exact) mass is 415 g/mol. The van der Waals surface area contributed by atoms with E-state index in [0.717, 1.165) is 11.4 Å². The van der Waals surface area contributed by atoms with Crippen LogP contribution in [-0.2, 0) is 4.79 Å². The van der Waals surface area contributed by atoms with E-state index in [1.807, 2.05) is 30.2 Å². The molecule has 1 N–H and O–H groups in total. The van der Waals surface area contributed by atoms with E-state index in [-0.39, 0.29) is 19.1 Å². The van der Waals surface area contributed by atoms with Crippen LogP contribution in [0, 0.1) is 0 Å². The number of amides is 3. The fraction of sp³-hybridized carbons (Fsp3) is 0.450. The third kappa shape index (κ3) is 2.86. The molecular weight excluding hydrogens is 390 g/mol. The summed E-state index contributed by atoms with van der Waals surface area (Å²) < 4.78 is 10.9. The van der Waals surface area contributed by atoms with Gasteiger partial charge in [0.15, 0.2) is 12.2 Å². The van der Waals surface area contributed by atoms with Crippen molar-refractivity contribution in [3.63, 3.8) is 0 Å². The number of aliphatic imine (C=N–C) groups is 1. The molecule has 0 saturated carbocycles. The van der Waals surface area contributed by atoms with Gasteiger partial charge in [0.2, 0.25) is 5.96 Å². The minimum atomic E-state index is -0.655. The number of benzene rings is 1. The number of methoxy groups -OCH3 is 2. The zero-order valence-corrected chi connectivity index (χ0v) is 17.4. The van der Waals surface area contributed by atoms with E-state index in [2.05, 4.69) is 0 Å². The van der Waals surface area contributed by atoms with Crippen molar-refractivity contribution in [3.05, 3.63) is 30.1 Å². The van der Waals surface area contributed by atoms with Crippen LogP contribution in [-0.4, -0.2) is 84.3 Å². The van der Waals surface area contributed by atoms with Crippen LogP contribution in [0.2, 0.25) is 0 Å². The normalized spacial score (nSPS) is 22.8. The van der Waals surface area contributed by atoms with Gasteiger partial charge in [-0.1, -0.05) is 0 Å². The Labute approximate surface area is 174 Å². The number of guanidine groups is 1. The molecule has 160 valence electrons. The maximum atomic E-state index is 13.2. The minimum absolute atomic E-state index is 0.0945. The molecule has 0 aromatic heterocycles. The van der Waals surface area contributed by atoms with Crippen molar-refractivity contribution < 1.29 is 24.2 Å². The topological polar surface area (TPSA) is 98.1 Å². The number of carbonyl (C=O) groups is 2. The highest BCUT2D eigenvalue weighted by molar-refractivity contribution is 6.10. The number of hydrogen-bond donors (Lipinski definition) is 1. The molecule has 1 saturated heterocycles. The Hall–Kier alpha value is -3.27. The fourth-order valence-electron chi connectivity index (χ4n) is 4.06. The van der Waals surface area contributed by atoms with Crippen LogP contribution in [0.15, 0.2) is 35.1 Å². The zero-order valence-electron chi connectivity index (χ0n) is 17.4.